The molecule has 1 amide bonds. The van der Waals surface area contributed by atoms with Crippen molar-refractivity contribution in [2.24, 2.45) is 0 Å². The summed E-state index contributed by atoms with van der Waals surface area (Å²) < 4.78 is 0. The number of aryl methyl sites for hydroxylation is 2. The number of piperazine rings is 1. The molecule has 7 nitrogen and oxygen atoms in total. The van der Waals surface area contributed by atoms with Gasteiger partial charge in [0.2, 0.25) is 0 Å². The first-order valence-electron chi connectivity index (χ1n) is 9.73. The van der Waals surface area contributed by atoms with E-state index >= 15 is 0 Å². The van der Waals surface area contributed by atoms with E-state index in [2.05, 4.69) is 51.4 Å². The van der Waals surface area contributed by atoms with Crippen LogP contribution in [0, 0.1) is 13.8 Å². The quantitative estimate of drug-likeness (QED) is 0.740. The minimum absolute atomic E-state index is 0.0871. The van der Waals surface area contributed by atoms with Gasteiger partial charge >= 0.3 is 0 Å². The van der Waals surface area contributed by atoms with Crippen LogP contribution in [0.5, 0.6) is 0 Å². The zero-order valence-corrected chi connectivity index (χ0v) is 16.7. The third-order valence-corrected chi connectivity index (χ3v) is 5.20. The Morgan fingerprint density at radius 1 is 0.931 bits per heavy atom. The Morgan fingerprint density at radius 2 is 1.76 bits per heavy atom. The fourth-order valence-electron chi connectivity index (χ4n) is 3.32. The molecule has 1 aliphatic rings. The maximum Gasteiger partial charge on any atom is 0.274 e. The van der Waals surface area contributed by atoms with Gasteiger partial charge in [0.05, 0.1) is 0 Å². The molecule has 1 aliphatic heterocycles. The fraction of sp³-hybridized carbons (Fsp3) is 0.273. The number of hydrogen-bond acceptors (Lipinski definition) is 6. The van der Waals surface area contributed by atoms with Gasteiger partial charge in [-0.2, -0.15) is 0 Å². The second kappa shape index (κ2) is 8.26. The van der Waals surface area contributed by atoms with Crippen LogP contribution < -0.4 is 10.2 Å². The summed E-state index contributed by atoms with van der Waals surface area (Å²) in [5.41, 5.74) is 3.76. The number of hydrogen-bond donors (Lipinski definition) is 1. The number of aromatic nitrogens is 3. The number of amides is 1. The van der Waals surface area contributed by atoms with E-state index in [0.29, 0.717) is 24.6 Å². The summed E-state index contributed by atoms with van der Waals surface area (Å²) >= 11 is 0. The second-order valence-corrected chi connectivity index (χ2v) is 7.20. The van der Waals surface area contributed by atoms with Crippen LogP contribution in [0.25, 0.3) is 0 Å². The van der Waals surface area contributed by atoms with Crippen LogP contribution >= 0.6 is 0 Å². The van der Waals surface area contributed by atoms with Crippen molar-refractivity contribution in [3.05, 3.63) is 71.5 Å². The highest BCUT2D eigenvalue weighted by molar-refractivity contribution is 5.92. The lowest BCUT2D eigenvalue weighted by molar-refractivity contribution is 0.0739. The van der Waals surface area contributed by atoms with Gasteiger partial charge in [0, 0.05) is 38.1 Å². The molecule has 2 aromatic heterocycles. The zero-order chi connectivity index (χ0) is 20.2. The largest absolute Gasteiger partial charge is 0.353 e. The van der Waals surface area contributed by atoms with E-state index in [1.54, 1.807) is 18.3 Å². The normalized spacial score (nSPS) is 14.0. The number of nitrogens with zero attached hydrogens (tertiary/aromatic N) is 5. The van der Waals surface area contributed by atoms with Gasteiger partial charge in [0.1, 0.15) is 5.82 Å². The summed E-state index contributed by atoms with van der Waals surface area (Å²) in [5.74, 6) is 1.47. The maximum atomic E-state index is 12.8. The maximum absolute atomic E-state index is 12.8. The Balaban J connectivity index is 1.36. The molecule has 0 saturated carbocycles. The number of nitrogens with one attached hydrogen (secondary N) is 1. The van der Waals surface area contributed by atoms with Crippen molar-refractivity contribution in [1.82, 2.24) is 20.1 Å². The molecule has 0 unspecified atom stereocenters. The molecule has 3 heterocycles. The van der Waals surface area contributed by atoms with Crippen molar-refractivity contribution in [1.29, 1.82) is 0 Å². The minimum atomic E-state index is -0.0871. The molecule has 3 aromatic rings. The Bertz CT molecular complexity index is 982. The van der Waals surface area contributed by atoms with Crippen LogP contribution in [-0.2, 0) is 0 Å². The van der Waals surface area contributed by atoms with Crippen molar-refractivity contribution >= 4 is 23.2 Å². The Morgan fingerprint density at radius 3 is 2.41 bits per heavy atom. The van der Waals surface area contributed by atoms with Crippen molar-refractivity contribution in [3.63, 3.8) is 0 Å². The molecule has 4 rings (SSSR count). The predicted octanol–water partition coefficient (Wildman–Crippen LogP) is 3.19. The molecular formula is C22H24N6O. The molecule has 1 fully saturated rings. The molecule has 0 spiro atoms. The molecule has 7 heteroatoms. The van der Waals surface area contributed by atoms with Gasteiger partial charge in [-0.15, -0.1) is 10.2 Å². The van der Waals surface area contributed by atoms with Gasteiger partial charge in [0.25, 0.3) is 5.91 Å². The molecule has 0 aliphatic carbocycles. The third kappa shape index (κ3) is 4.34. The molecule has 29 heavy (non-hydrogen) atoms. The van der Waals surface area contributed by atoms with Crippen molar-refractivity contribution in [2.75, 3.05) is 36.4 Å². The van der Waals surface area contributed by atoms with Crippen LogP contribution in [0.1, 0.15) is 21.6 Å². The van der Waals surface area contributed by atoms with E-state index in [-0.39, 0.29) is 5.91 Å². The van der Waals surface area contributed by atoms with Gasteiger partial charge in [-0.25, -0.2) is 4.98 Å². The monoisotopic (exact) mass is 388 g/mol. The van der Waals surface area contributed by atoms with E-state index in [0.717, 1.165) is 24.6 Å². The fourth-order valence-corrected chi connectivity index (χ4v) is 3.32. The van der Waals surface area contributed by atoms with Crippen LogP contribution in [0.4, 0.5) is 17.3 Å². The number of benzene rings is 1. The van der Waals surface area contributed by atoms with E-state index in [1.165, 1.54) is 11.1 Å². The molecule has 0 bridgehead atoms. The predicted molar refractivity (Wildman–Crippen MR) is 114 cm³/mol. The first-order chi connectivity index (χ1) is 14.1. The summed E-state index contributed by atoms with van der Waals surface area (Å²) in [6.07, 6.45) is 1.79. The lowest BCUT2D eigenvalue weighted by Gasteiger charge is -2.35. The highest BCUT2D eigenvalue weighted by Crippen LogP contribution is 2.18. The molecule has 1 N–H and O–H groups in total. The summed E-state index contributed by atoms with van der Waals surface area (Å²) in [7, 11) is 0. The zero-order valence-electron chi connectivity index (χ0n) is 16.7. The number of rotatable bonds is 4. The van der Waals surface area contributed by atoms with E-state index in [4.69, 9.17) is 0 Å². The molecule has 1 aromatic carbocycles. The number of pyridine rings is 1. The first-order valence-corrected chi connectivity index (χ1v) is 9.73. The number of carbonyl (C=O) groups excluding carboxylic acids is 1. The molecule has 148 valence electrons. The molecule has 1 saturated heterocycles. The Labute approximate surface area is 170 Å². The van der Waals surface area contributed by atoms with E-state index < -0.39 is 0 Å². The molecule has 0 atom stereocenters. The van der Waals surface area contributed by atoms with Gasteiger partial charge in [0.15, 0.2) is 11.5 Å². The van der Waals surface area contributed by atoms with E-state index in [9.17, 15) is 4.79 Å². The number of carbonyl (C=O) groups is 1. The summed E-state index contributed by atoms with van der Waals surface area (Å²) in [5, 5.41) is 11.5. The lowest BCUT2D eigenvalue weighted by atomic mass is 10.1. The van der Waals surface area contributed by atoms with Crippen LogP contribution in [0.2, 0.25) is 0 Å². The standard InChI is InChI=1S/C22H24N6O/c1-16-6-7-18(15-17(16)2)24-20-9-8-19(25-26-20)22(29)28-13-11-27(12-14-28)21-5-3-4-10-23-21/h3-10,15H,11-14H2,1-2H3,(H,24,26). The van der Waals surface area contributed by atoms with Gasteiger partial charge < -0.3 is 15.1 Å². The first kappa shape index (κ1) is 18.9. The summed E-state index contributed by atoms with van der Waals surface area (Å²) in [4.78, 5) is 21.1. The van der Waals surface area contributed by atoms with Gasteiger partial charge in [-0.05, 0) is 61.4 Å². The van der Waals surface area contributed by atoms with Crippen molar-refractivity contribution < 1.29 is 4.79 Å². The topological polar surface area (TPSA) is 74.2 Å². The van der Waals surface area contributed by atoms with Crippen LogP contribution in [-0.4, -0.2) is 52.2 Å². The van der Waals surface area contributed by atoms with E-state index in [1.807, 2.05) is 29.2 Å². The summed E-state index contributed by atoms with van der Waals surface area (Å²) in [6, 6.07) is 15.5. The third-order valence-electron chi connectivity index (χ3n) is 5.20. The SMILES string of the molecule is Cc1ccc(Nc2ccc(C(=O)N3CCN(c4ccccn4)CC3)nn2)cc1C. The van der Waals surface area contributed by atoms with Crippen LogP contribution in [0.15, 0.2) is 54.7 Å². The average Bonchev–Trinajstić information content (AvgIpc) is 2.77. The number of anilines is 3. The molecule has 0 radical (unpaired) electrons. The van der Waals surface area contributed by atoms with Crippen molar-refractivity contribution in [3.8, 4) is 0 Å². The second-order valence-electron chi connectivity index (χ2n) is 7.20. The highest BCUT2D eigenvalue weighted by atomic mass is 16.2. The van der Waals surface area contributed by atoms with Crippen LogP contribution in [0.3, 0.4) is 0 Å². The Hall–Kier alpha value is -3.48. The summed E-state index contributed by atoms with van der Waals surface area (Å²) in [6.45, 7) is 6.93. The lowest BCUT2D eigenvalue weighted by Crippen LogP contribution is -2.49. The highest BCUT2D eigenvalue weighted by Gasteiger charge is 2.23. The van der Waals surface area contributed by atoms with Gasteiger partial charge in [-0.1, -0.05) is 12.1 Å². The van der Waals surface area contributed by atoms with Crippen molar-refractivity contribution in [2.45, 2.75) is 13.8 Å². The Kier molecular flexibility index (Phi) is 5.37. The minimum Gasteiger partial charge on any atom is -0.353 e. The molecular weight excluding hydrogens is 364 g/mol. The smallest absolute Gasteiger partial charge is 0.274 e. The van der Waals surface area contributed by atoms with Gasteiger partial charge in [-0.3, -0.25) is 4.79 Å². The average molecular weight is 388 g/mol.